The Balaban J connectivity index is 3.17. The molecule has 17 heavy (non-hydrogen) atoms. The third-order valence-corrected chi connectivity index (χ3v) is 3.51. The summed E-state index contributed by atoms with van der Waals surface area (Å²) in [4.78, 5) is 0. The van der Waals surface area contributed by atoms with E-state index in [2.05, 4.69) is 15.9 Å². The summed E-state index contributed by atoms with van der Waals surface area (Å²) < 4.78 is 33.2. The number of ether oxygens (including phenoxy) is 2. The minimum atomic E-state index is -3.59. The van der Waals surface area contributed by atoms with Crippen molar-refractivity contribution in [2.45, 2.75) is 12.7 Å². The van der Waals surface area contributed by atoms with E-state index in [4.69, 9.17) is 20.2 Å². The third-order valence-electron chi connectivity index (χ3n) is 1.92. The predicted molar refractivity (Wildman–Crippen MR) is 70.3 cm³/mol. The lowest BCUT2D eigenvalue weighted by Crippen LogP contribution is -2.00. The molecule has 1 aromatic carbocycles. The number of hydrogen-bond acceptors (Lipinski definition) is 4. The summed E-state index contributed by atoms with van der Waals surface area (Å²) in [5.41, 5.74) is 0.534. The van der Waals surface area contributed by atoms with Crippen molar-refractivity contribution < 1.29 is 17.9 Å². The second-order valence-electron chi connectivity index (χ2n) is 3.23. The van der Waals surface area contributed by atoms with Gasteiger partial charge < -0.3 is 9.47 Å². The zero-order valence-corrected chi connectivity index (χ0v) is 12.5. The Morgan fingerprint density at radius 3 is 2.53 bits per heavy atom. The van der Waals surface area contributed by atoms with Crippen molar-refractivity contribution in [3.63, 3.8) is 0 Å². The van der Waals surface area contributed by atoms with Gasteiger partial charge in [-0.3, -0.25) is 0 Å². The Kier molecular flexibility index (Phi) is 5.09. The minimum Gasteiger partial charge on any atom is -0.493 e. The molecule has 0 N–H and O–H groups in total. The summed E-state index contributed by atoms with van der Waals surface area (Å²) in [5.74, 6) is 0.762. The van der Waals surface area contributed by atoms with Crippen LogP contribution in [0.5, 0.6) is 11.5 Å². The fourth-order valence-corrected chi connectivity index (χ4v) is 2.89. The zero-order valence-electron chi connectivity index (χ0n) is 9.37. The van der Waals surface area contributed by atoms with Crippen molar-refractivity contribution in [3.8, 4) is 11.5 Å². The highest BCUT2D eigenvalue weighted by molar-refractivity contribution is 9.10. The van der Waals surface area contributed by atoms with Crippen LogP contribution in [0.3, 0.4) is 0 Å². The molecule has 1 aromatic rings. The summed E-state index contributed by atoms with van der Waals surface area (Å²) in [6.07, 6.45) is 0. The molecule has 0 bridgehead atoms. The van der Waals surface area contributed by atoms with E-state index in [0.29, 0.717) is 28.1 Å². The van der Waals surface area contributed by atoms with E-state index in [1.165, 1.54) is 7.11 Å². The van der Waals surface area contributed by atoms with Gasteiger partial charge in [-0.25, -0.2) is 8.42 Å². The first-order valence-electron chi connectivity index (χ1n) is 4.79. The van der Waals surface area contributed by atoms with Crippen LogP contribution in [-0.2, 0) is 14.8 Å². The summed E-state index contributed by atoms with van der Waals surface area (Å²) in [5, 5.41) is 0. The lowest BCUT2D eigenvalue weighted by molar-refractivity contribution is 0.309. The fourth-order valence-electron chi connectivity index (χ4n) is 1.34. The van der Waals surface area contributed by atoms with Crippen LogP contribution in [0.25, 0.3) is 0 Å². The van der Waals surface area contributed by atoms with E-state index < -0.39 is 9.05 Å². The fraction of sp³-hybridized carbons (Fsp3) is 0.400. The van der Waals surface area contributed by atoms with Crippen LogP contribution in [0, 0.1) is 0 Å². The van der Waals surface area contributed by atoms with Gasteiger partial charge in [0.2, 0.25) is 9.05 Å². The summed E-state index contributed by atoms with van der Waals surface area (Å²) in [6.45, 7) is 2.34. The van der Waals surface area contributed by atoms with E-state index in [1.54, 1.807) is 12.1 Å². The molecule has 0 aliphatic rings. The molecule has 0 aromatic heterocycles. The normalized spacial score (nSPS) is 11.3. The molecule has 0 saturated heterocycles. The molecular formula is C10H12BrClO4S. The van der Waals surface area contributed by atoms with Gasteiger partial charge in [0.1, 0.15) is 0 Å². The molecule has 0 unspecified atom stereocenters. The van der Waals surface area contributed by atoms with Crippen molar-refractivity contribution in [2.24, 2.45) is 0 Å². The monoisotopic (exact) mass is 342 g/mol. The first-order chi connectivity index (χ1) is 7.87. The van der Waals surface area contributed by atoms with E-state index >= 15 is 0 Å². The van der Waals surface area contributed by atoms with Crippen LogP contribution in [0.4, 0.5) is 0 Å². The van der Waals surface area contributed by atoms with Gasteiger partial charge in [0.05, 0.1) is 23.9 Å². The van der Waals surface area contributed by atoms with Crippen LogP contribution in [0.2, 0.25) is 0 Å². The first-order valence-corrected chi connectivity index (χ1v) is 8.06. The molecule has 0 radical (unpaired) electrons. The van der Waals surface area contributed by atoms with Gasteiger partial charge >= 0.3 is 0 Å². The number of methoxy groups -OCH3 is 1. The summed E-state index contributed by atoms with van der Waals surface area (Å²) in [6, 6.07) is 3.24. The summed E-state index contributed by atoms with van der Waals surface area (Å²) in [7, 11) is 3.10. The average Bonchev–Trinajstić information content (AvgIpc) is 2.19. The average molecular weight is 344 g/mol. The molecule has 0 atom stereocenters. The Morgan fingerprint density at radius 1 is 1.41 bits per heavy atom. The Hall–Kier alpha value is -0.460. The minimum absolute atomic E-state index is 0.254. The third kappa shape index (κ3) is 4.37. The van der Waals surface area contributed by atoms with Crippen LogP contribution in [-0.4, -0.2) is 22.1 Å². The quantitative estimate of drug-likeness (QED) is 0.771. The van der Waals surface area contributed by atoms with Gasteiger partial charge in [-0.1, -0.05) is 0 Å². The van der Waals surface area contributed by atoms with Gasteiger partial charge in [-0.2, -0.15) is 0 Å². The first kappa shape index (κ1) is 14.6. The molecule has 1 rings (SSSR count). The van der Waals surface area contributed by atoms with Gasteiger partial charge in [0.15, 0.2) is 11.5 Å². The van der Waals surface area contributed by atoms with Gasteiger partial charge in [0, 0.05) is 10.7 Å². The smallest absolute Gasteiger partial charge is 0.236 e. The maximum Gasteiger partial charge on any atom is 0.236 e. The molecule has 0 amide bonds. The zero-order chi connectivity index (χ0) is 13.1. The SMILES string of the molecule is CCOc1c(Br)cc(CS(=O)(=O)Cl)cc1OC. The van der Waals surface area contributed by atoms with Gasteiger partial charge in [-0.05, 0) is 40.5 Å². The molecule has 0 aliphatic heterocycles. The molecule has 0 spiro atoms. The Labute approximate surface area is 113 Å². The van der Waals surface area contributed by atoms with Crippen molar-refractivity contribution >= 4 is 35.7 Å². The highest BCUT2D eigenvalue weighted by atomic mass is 79.9. The molecular weight excluding hydrogens is 332 g/mol. The van der Waals surface area contributed by atoms with E-state index in [0.717, 1.165) is 0 Å². The van der Waals surface area contributed by atoms with Crippen LogP contribution >= 0.6 is 26.6 Å². The maximum absolute atomic E-state index is 11.0. The second kappa shape index (κ2) is 5.93. The maximum atomic E-state index is 11.0. The van der Waals surface area contributed by atoms with Crippen molar-refractivity contribution in [2.75, 3.05) is 13.7 Å². The van der Waals surface area contributed by atoms with Crippen molar-refractivity contribution in [1.82, 2.24) is 0 Å². The van der Waals surface area contributed by atoms with Gasteiger partial charge in [0.25, 0.3) is 0 Å². The number of benzene rings is 1. The number of hydrogen-bond donors (Lipinski definition) is 0. The molecule has 0 aliphatic carbocycles. The number of rotatable bonds is 5. The van der Waals surface area contributed by atoms with Crippen LogP contribution in [0.1, 0.15) is 12.5 Å². The van der Waals surface area contributed by atoms with Crippen molar-refractivity contribution in [1.29, 1.82) is 0 Å². The predicted octanol–water partition coefficient (Wildman–Crippen LogP) is 2.93. The van der Waals surface area contributed by atoms with Crippen molar-refractivity contribution in [3.05, 3.63) is 22.2 Å². The second-order valence-corrected chi connectivity index (χ2v) is 6.86. The molecule has 7 heteroatoms. The van der Waals surface area contributed by atoms with E-state index in [9.17, 15) is 8.42 Å². The molecule has 4 nitrogen and oxygen atoms in total. The topological polar surface area (TPSA) is 52.6 Å². The van der Waals surface area contributed by atoms with Crippen LogP contribution < -0.4 is 9.47 Å². The van der Waals surface area contributed by atoms with Gasteiger partial charge in [-0.15, -0.1) is 0 Å². The highest BCUT2D eigenvalue weighted by Crippen LogP contribution is 2.37. The Bertz CT molecular complexity index is 501. The highest BCUT2D eigenvalue weighted by Gasteiger charge is 2.14. The Morgan fingerprint density at radius 2 is 2.06 bits per heavy atom. The summed E-state index contributed by atoms with van der Waals surface area (Å²) >= 11 is 3.30. The number of halogens is 2. The van der Waals surface area contributed by atoms with Crippen LogP contribution in [0.15, 0.2) is 16.6 Å². The van der Waals surface area contributed by atoms with E-state index in [-0.39, 0.29) is 5.75 Å². The molecule has 96 valence electrons. The van der Waals surface area contributed by atoms with E-state index in [1.807, 2.05) is 6.92 Å². The largest absolute Gasteiger partial charge is 0.493 e. The molecule has 0 heterocycles. The lowest BCUT2D eigenvalue weighted by atomic mass is 10.2. The molecule has 0 fully saturated rings. The molecule has 0 saturated carbocycles. The standard InChI is InChI=1S/C10H12BrClO4S/c1-3-16-10-8(11)4-7(5-9(10)15-2)6-17(12,13)14/h4-5H,3,6H2,1-2H3. The lowest BCUT2D eigenvalue weighted by Gasteiger charge is -2.12.